The third-order valence-electron chi connectivity index (χ3n) is 4.45. The summed E-state index contributed by atoms with van der Waals surface area (Å²) in [6, 6.07) is 4.21. The van der Waals surface area contributed by atoms with Gasteiger partial charge >= 0.3 is 0 Å². The van der Waals surface area contributed by atoms with E-state index in [0.29, 0.717) is 19.0 Å². The van der Waals surface area contributed by atoms with Crippen LogP contribution in [-0.4, -0.2) is 44.3 Å². The molecule has 0 bridgehead atoms. The number of nitrogens with one attached hydrogen (secondary N) is 1. The fourth-order valence-corrected chi connectivity index (χ4v) is 4.72. The third kappa shape index (κ3) is 3.88. The summed E-state index contributed by atoms with van der Waals surface area (Å²) < 4.78 is 27.0. The van der Waals surface area contributed by atoms with Crippen molar-refractivity contribution >= 4 is 15.7 Å². The Morgan fingerprint density at radius 2 is 2.00 bits per heavy atom. The monoisotopic (exact) mass is 341 g/mol. The van der Waals surface area contributed by atoms with Crippen LogP contribution < -0.4 is 5.32 Å². The van der Waals surface area contributed by atoms with Crippen LogP contribution in [-0.2, 0) is 10.0 Å². The molecule has 0 aliphatic carbocycles. The fourth-order valence-electron chi connectivity index (χ4n) is 3.01. The number of hydrogen-bond donors (Lipinski definition) is 1. The van der Waals surface area contributed by atoms with Gasteiger partial charge in [-0.15, -0.1) is 0 Å². The van der Waals surface area contributed by atoms with E-state index in [0.717, 1.165) is 25.8 Å². The number of nitro benzene ring substituents is 1. The normalized spacial score (nSPS) is 17.3. The van der Waals surface area contributed by atoms with Crippen molar-refractivity contribution in [2.24, 2.45) is 5.92 Å². The average molecular weight is 341 g/mol. The highest BCUT2D eigenvalue weighted by atomic mass is 32.2. The van der Waals surface area contributed by atoms with Gasteiger partial charge in [-0.3, -0.25) is 10.1 Å². The Morgan fingerprint density at radius 3 is 2.57 bits per heavy atom. The molecule has 0 spiro atoms. The van der Waals surface area contributed by atoms with Crippen molar-refractivity contribution in [1.82, 2.24) is 9.62 Å². The average Bonchev–Trinajstić information content (AvgIpc) is 2.53. The van der Waals surface area contributed by atoms with E-state index in [-0.39, 0.29) is 16.1 Å². The summed E-state index contributed by atoms with van der Waals surface area (Å²) in [4.78, 5) is 10.5. The molecule has 23 heavy (non-hydrogen) atoms. The van der Waals surface area contributed by atoms with Crippen molar-refractivity contribution in [2.75, 3.05) is 26.7 Å². The molecule has 1 saturated heterocycles. The molecule has 1 heterocycles. The first-order valence-electron chi connectivity index (χ1n) is 7.76. The number of nitrogens with zero attached hydrogens (tertiary/aromatic N) is 2. The molecule has 1 fully saturated rings. The summed E-state index contributed by atoms with van der Waals surface area (Å²) in [7, 11) is -1.77. The molecule has 1 aliphatic rings. The summed E-state index contributed by atoms with van der Waals surface area (Å²) in [5.41, 5.74) is 0.0461. The topological polar surface area (TPSA) is 92.6 Å². The number of sulfonamides is 1. The second-order valence-electron chi connectivity index (χ2n) is 5.90. The van der Waals surface area contributed by atoms with Gasteiger partial charge in [0.25, 0.3) is 5.69 Å². The lowest BCUT2D eigenvalue weighted by atomic mass is 9.95. The number of nitro groups is 1. The van der Waals surface area contributed by atoms with Crippen molar-refractivity contribution in [1.29, 1.82) is 0 Å². The molecule has 1 aromatic rings. The molecule has 1 aromatic carbocycles. The summed E-state index contributed by atoms with van der Waals surface area (Å²) in [6.07, 6.45) is 2.70. The van der Waals surface area contributed by atoms with Crippen molar-refractivity contribution in [3.63, 3.8) is 0 Å². The third-order valence-corrected chi connectivity index (χ3v) is 6.49. The molecule has 0 aromatic heterocycles. The van der Waals surface area contributed by atoms with Crippen molar-refractivity contribution in [3.8, 4) is 0 Å². The summed E-state index contributed by atoms with van der Waals surface area (Å²) >= 11 is 0. The van der Waals surface area contributed by atoms with Gasteiger partial charge < -0.3 is 5.32 Å². The van der Waals surface area contributed by atoms with Gasteiger partial charge in [0.05, 0.1) is 9.82 Å². The number of piperidine rings is 1. The Labute approximate surface area is 136 Å². The minimum Gasteiger partial charge on any atom is -0.320 e. The first-order chi connectivity index (χ1) is 10.9. The molecule has 1 aliphatic heterocycles. The van der Waals surface area contributed by atoms with Gasteiger partial charge in [0.15, 0.2) is 0 Å². The molecule has 0 atom stereocenters. The van der Waals surface area contributed by atoms with E-state index in [4.69, 9.17) is 0 Å². The first-order valence-corrected chi connectivity index (χ1v) is 9.20. The highest BCUT2D eigenvalue weighted by molar-refractivity contribution is 7.89. The number of benzene rings is 1. The number of rotatable bonds is 6. The van der Waals surface area contributed by atoms with Crippen LogP contribution in [0.25, 0.3) is 0 Å². The van der Waals surface area contributed by atoms with Gasteiger partial charge in [0, 0.05) is 24.7 Å². The van der Waals surface area contributed by atoms with Gasteiger partial charge in [0.2, 0.25) is 10.0 Å². The molecule has 0 saturated carbocycles. The van der Waals surface area contributed by atoms with Crippen LogP contribution in [0, 0.1) is 23.0 Å². The molecule has 0 amide bonds. The first kappa shape index (κ1) is 17.8. The van der Waals surface area contributed by atoms with Gasteiger partial charge in [-0.2, -0.15) is 4.31 Å². The zero-order chi connectivity index (χ0) is 17.0. The minimum absolute atomic E-state index is 0.0420. The van der Waals surface area contributed by atoms with Crippen molar-refractivity contribution < 1.29 is 13.3 Å². The van der Waals surface area contributed by atoms with E-state index in [1.54, 1.807) is 0 Å². The van der Waals surface area contributed by atoms with Gasteiger partial charge in [-0.25, -0.2) is 8.42 Å². The highest BCUT2D eigenvalue weighted by Gasteiger charge is 2.32. The van der Waals surface area contributed by atoms with Crippen LogP contribution in [0.15, 0.2) is 23.1 Å². The largest absolute Gasteiger partial charge is 0.320 e. The predicted octanol–water partition coefficient (Wildman–Crippen LogP) is 1.91. The van der Waals surface area contributed by atoms with Crippen LogP contribution >= 0.6 is 0 Å². The Hall–Kier alpha value is -1.51. The van der Waals surface area contributed by atoms with E-state index in [9.17, 15) is 18.5 Å². The van der Waals surface area contributed by atoms with E-state index in [1.165, 1.54) is 29.4 Å². The fraction of sp³-hybridized carbons (Fsp3) is 0.600. The highest BCUT2D eigenvalue weighted by Crippen LogP contribution is 2.30. The molecule has 1 N–H and O–H groups in total. The summed E-state index contributed by atoms with van der Waals surface area (Å²) in [6.45, 7) is 3.36. The van der Waals surface area contributed by atoms with Crippen molar-refractivity contribution in [3.05, 3.63) is 33.9 Å². The van der Waals surface area contributed by atoms with E-state index >= 15 is 0 Å². The maximum absolute atomic E-state index is 12.8. The lowest BCUT2D eigenvalue weighted by molar-refractivity contribution is -0.385. The summed E-state index contributed by atoms with van der Waals surface area (Å²) in [5.74, 6) is 0.528. The zero-order valence-corrected chi connectivity index (χ0v) is 14.3. The van der Waals surface area contributed by atoms with Gasteiger partial charge in [-0.05, 0) is 51.8 Å². The summed E-state index contributed by atoms with van der Waals surface area (Å²) in [5, 5.41) is 14.1. The lowest BCUT2D eigenvalue weighted by Crippen LogP contribution is -2.39. The molecule has 128 valence electrons. The minimum atomic E-state index is -3.68. The van der Waals surface area contributed by atoms with Gasteiger partial charge in [-0.1, -0.05) is 6.07 Å². The lowest BCUT2D eigenvalue weighted by Gasteiger charge is -2.31. The Kier molecular flexibility index (Phi) is 5.72. The molecule has 7 nitrogen and oxygen atoms in total. The SMILES string of the molecule is CNCCC1CCN(S(=O)(=O)c2cccc([N+](=O)[O-])c2C)CC1. The van der Waals surface area contributed by atoms with Crippen LogP contribution in [0.4, 0.5) is 5.69 Å². The maximum Gasteiger partial charge on any atom is 0.273 e. The van der Waals surface area contributed by atoms with Gasteiger partial charge in [0.1, 0.15) is 0 Å². The van der Waals surface area contributed by atoms with Crippen LogP contribution in [0.2, 0.25) is 0 Å². The zero-order valence-electron chi connectivity index (χ0n) is 13.5. The molecular formula is C15H23N3O4S. The maximum atomic E-state index is 12.8. The molecular weight excluding hydrogens is 318 g/mol. The standard InChI is InChI=1S/C15H23N3O4S/c1-12-14(18(19)20)4-3-5-15(12)23(21,22)17-10-7-13(8-11-17)6-9-16-2/h3-5,13,16H,6-11H2,1-2H3. The smallest absolute Gasteiger partial charge is 0.273 e. The Balaban J connectivity index is 2.17. The quantitative estimate of drug-likeness (QED) is 0.630. The van der Waals surface area contributed by atoms with E-state index in [2.05, 4.69) is 5.32 Å². The van der Waals surface area contributed by atoms with Crippen molar-refractivity contribution in [2.45, 2.75) is 31.1 Å². The number of hydrogen-bond acceptors (Lipinski definition) is 5. The molecule has 0 unspecified atom stereocenters. The van der Waals surface area contributed by atoms with Crippen LogP contribution in [0.5, 0.6) is 0 Å². The van der Waals surface area contributed by atoms with E-state index in [1.807, 2.05) is 7.05 Å². The Bertz CT molecular complexity index is 667. The van der Waals surface area contributed by atoms with Crippen LogP contribution in [0.3, 0.4) is 0 Å². The Morgan fingerprint density at radius 1 is 1.35 bits per heavy atom. The molecule has 8 heteroatoms. The second-order valence-corrected chi connectivity index (χ2v) is 7.80. The molecule has 0 radical (unpaired) electrons. The van der Waals surface area contributed by atoms with E-state index < -0.39 is 14.9 Å². The second kappa shape index (κ2) is 7.37. The predicted molar refractivity (Wildman–Crippen MR) is 87.9 cm³/mol. The molecule has 2 rings (SSSR count). The van der Waals surface area contributed by atoms with Crippen LogP contribution in [0.1, 0.15) is 24.8 Å².